The van der Waals surface area contributed by atoms with E-state index in [9.17, 15) is 27.9 Å². The van der Waals surface area contributed by atoms with E-state index in [1.807, 2.05) is 0 Å². The van der Waals surface area contributed by atoms with Crippen LogP contribution in [0.5, 0.6) is 0 Å². The highest BCUT2D eigenvalue weighted by Crippen LogP contribution is 2.11. The molecule has 1 atom stereocenters. The minimum atomic E-state index is -3.90. The first-order valence-electron chi connectivity index (χ1n) is 22.3. The molecular weight excluding hydrogens is 871 g/mol. The second-order valence-corrected chi connectivity index (χ2v) is 15.5. The quantitative estimate of drug-likeness (QED) is 0.0224. The van der Waals surface area contributed by atoms with Crippen LogP contribution < -0.4 is 10.6 Å². The lowest BCUT2D eigenvalue weighted by Gasteiger charge is -2.14. The van der Waals surface area contributed by atoms with Crippen LogP contribution >= 0.6 is 0 Å². The van der Waals surface area contributed by atoms with Crippen molar-refractivity contribution < 1.29 is 84.6 Å². The van der Waals surface area contributed by atoms with E-state index in [0.29, 0.717) is 158 Å². The van der Waals surface area contributed by atoms with E-state index >= 15 is 0 Å². The van der Waals surface area contributed by atoms with Crippen molar-refractivity contribution >= 4 is 27.9 Å². The summed E-state index contributed by atoms with van der Waals surface area (Å²) < 4.78 is 89.8. The SMILES string of the molecule is [N-]=[N+]=NCCOCCOCCOCCOCCOCCOCCOCCOCCOCCOCCOCCNC(=O)CCC(NC(=O)CCCCCCCCCCS(=O)(=O)O)C(=O)O. The number of nitrogens with zero attached hydrogens (tertiary/aromatic N) is 3. The van der Waals surface area contributed by atoms with E-state index in [0.717, 1.165) is 38.5 Å². The molecule has 0 saturated carbocycles. The number of carbonyl (C=O) groups is 3. The minimum Gasteiger partial charge on any atom is -0.480 e. The van der Waals surface area contributed by atoms with Crippen molar-refractivity contribution in [3.05, 3.63) is 10.4 Å². The number of amides is 2. The first kappa shape index (κ1) is 61.2. The summed E-state index contributed by atoms with van der Waals surface area (Å²) in [7, 11) is -3.90. The molecule has 0 saturated heterocycles. The van der Waals surface area contributed by atoms with Crippen molar-refractivity contribution in [1.29, 1.82) is 0 Å². The fraction of sp³-hybridized carbons (Fsp3) is 0.925. The van der Waals surface area contributed by atoms with E-state index < -0.39 is 22.1 Å². The number of azide groups is 1. The van der Waals surface area contributed by atoms with Crippen LogP contribution in [-0.2, 0) is 76.6 Å². The molecule has 0 aromatic carbocycles. The summed E-state index contributed by atoms with van der Waals surface area (Å²) in [5.74, 6) is -2.12. The molecule has 0 rings (SSSR count). The largest absolute Gasteiger partial charge is 0.480 e. The molecule has 2 amide bonds. The Kier molecular flexibility index (Phi) is 46.0. The van der Waals surface area contributed by atoms with Gasteiger partial charge in [0.15, 0.2) is 0 Å². The highest BCUT2D eigenvalue weighted by Gasteiger charge is 2.20. The molecule has 0 bridgehead atoms. The Labute approximate surface area is 378 Å². The lowest BCUT2D eigenvalue weighted by Crippen LogP contribution is -2.41. The molecule has 376 valence electrons. The van der Waals surface area contributed by atoms with Gasteiger partial charge < -0.3 is 67.8 Å². The third-order valence-electron chi connectivity index (χ3n) is 8.54. The molecule has 0 aliphatic carbocycles. The van der Waals surface area contributed by atoms with Crippen molar-refractivity contribution in [2.75, 3.05) is 164 Å². The average Bonchev–Trinajstić information content (AvgIpc) is 3.26. The highest BCUT2D eigenvalue weighted by molar-refractivity contribution is 7.85. The number of ether oxygens (including phenoxy) is 11. The van der Waals surface area contributed by atoms with E-state index in [-0.39, 0.29) is 50.0 Å². The number of carbonyl (C=O) groups excluding carboxylic acids is 2. The Bertz CT molecular complexity index is 1250. The molecule has 0 heterocycles. The zero-order chi connectivity index (χ0) is 46.9. The molecule has 1 unspecified atom stereocenters. The maximum Gasteiger partial charge on any atom is 0.326 e. The van der Waals surface area contributed by atoms with Gasteiger partial charge in [-0.3, -0.25) is 14.1 Å². The average molecular weight is 948 g/mol. The molecule has 64 heavy (non-hydrogen) atoms. The second kappa shape index (κ2) is 48.1. The number of rotatable bonds is 52. The molecule has 0 aromatic heterocycles. The van der Waals surface area contributed by atoms with Crippen molar-refractivity contribution in [2.45, 2.75) is 76.7 Å². The molecule has 0 radical (unpaired) electrons. The Morgan fingerprint density at radius 2 is 0.844 bits per heavy atom. The highest BCUT2D eigenvalue weighted by atomic mass is 32.2. The van der Waals surface area contributed by atoms with Crippen LogP contribution in [0.25, 0.3) is 10.4 Å². The summed E-state index contributed by atoms with van der Waals surface area (Å²) in [6.45, 7) is 9.97. The normalized spacial score (nSPS) is 12.0. The Morgan fingerprint density at radius 3 is 1.20 bits per heavy atom. The van der Waals surface area contributed by atoms with Gasteiger partial charge in [0.1, 0.15) is 6.04 Å². The maximum atomic E-state index is 12.2. The molecule has 24 heteroatoms. The third-order valence-corrected chi connectivity index (χ3v) is 9.34. The number of hydrogen-bond donors (Lipinski definition) is 4. The Hall–Kier alpha value is -2.81. The van der Waals surface area contributed by atoms with Crippen LogP contribution in [0.4, 0.5) is 0 Å². The molecule has 0 aliphatic heterocycles. The molecule has 4 N–H and O–H groups in total. The summed E-state index contributed by atoms with van der Waals surface area (Å²) in [5.41, 5.74) is 8.15. The fourth-order valence-corrected chi connectivity index (χ4v) is 5.80. The van der Waals surface area contributed by atoms with Gasteiger partial charge in [-0.15, -0.1) is 0 Å². The molecule has 0 aromatic rings. The number of carboxylic acids is 1. The van der Waals surface area contributed by atoms with Crippen LogP contribution in [0.1, 0.15) is 70.6 Å². The number of unbranched alkanes of at least 4 members (excludes halogenated alkanes) is 7. The molecule has 23 nitrogen and oxygen atoms in total. The van der Waals surface area contributed by atoms with Crippen molar-refractivity contribution in [1.82, 2.24) is 10.6 Å². The fourth-order valence-electron chi connectivity index (χ4n) is 5.23. The molecular formula is C40H77N5O18S. The topological polar surface area (TPSA) is 300 Å². The van der Waals surface area contributed by atoms with Crippen LogP contribution in [0.2, 0.25) is 0 Å². The van der Waals surface area contributed by atoms with Crippen LogP contribution in [0, 0.1) is 0 Å². The zero-order valence-corrected chi connectivity index (χ0v) is 38.5. The summed E-state index contributed by atoms with van der Waals surface area (Å²) in [5, 5.41) is 18.0. The van der Waals surface area contributed by atoms with E-state index in [1.165, 1.54) is 0 Å². The smallest absolute Gasteiger partial charge is 0.326 e. The zero-order valence-electron chi connectivity index (χ0n) is 37.7. The van der Waals surface area contributed by atoms with Crippen LogP contribution in [0.15, 0.2) is 5.11 Å². The van der Waals surface area contributed by atoms with E-state index in [4.69, 9.17) is 62.2 Å². The molecule has 0 spiro atoms. The Morgan fingerprint density at radius 1 is 0.500 bits per heavy atom. The monoisotopic (exact) mass is 947 g/mol. The van der Waals surface area contributed by atoms with E-state index in [2.05, 4.69) is 20.7 Å². The van der Waals surface area contributed by atoms with Gasteiger partial charge in [0, 0.05) is 30.8 Å². The number of hydrogen-bond acceptors (Lipinski definition) is 17. The third kappa shape index (κ3) is 50.2. The number of carboxylic acid groups (broad SMARTS) is 1. The predicted molar refractivity (Wildman–Crippen MR) is 233 cm³/mol. The number of nitrogens with one attached hydrogen (secondary N) is 2. The summed E-state index contributed by atoms with van der Waals surface area (Å²) >= 11 is 0. The van der Waals surface area contributed by atoms with Gasteiger partial charge in [-0.05, 0) is 24.8 Å². The van der Waals surface area contributed by atoms with Gasteiger partial charge in [0.2, 0.25) is 11.8 Å². The lowest BCUT2D eigenvalue weighted by atomic mass is 10.1. The van der Waals surface area contributed by atoms with Crippen molar-refractivity contribution in [3.8, 4) is 0 Å². The second-order valence-electron chi connectivity index (χ2n) is 13.9. The van der Waals surface area contributed by atoms with Gasteiger partial charge in [0.25, 0.3) is 10.1 Å². The van der Waals surface area contributed by atoms with Gasteiger partial charge >= 0.3 is 5.97 Å². The van der Waals surface area contributed by atoms with Crippen molar-refractivity contribution in [2.24, 2.45) is 5.11 Å². The van der Waals surface area contributed by atoms with Gasteiger partial charge in [-0.1, -0.05) is 43.6 Å². The summed E-state index contributed by atoms with van der Waals surface area (Å²) in [6.07, 6.45) is 6.38. The lowest BCUT2D eigenvalue weighted by molar-refractivity contribution is -0.142. The van der Waals surface area contributed by atoms with E-state index in [1.54, 1.807) is 0 Å². The van der Waals surface area contributed by atoms with Crippen LogP contribution in [-0.4, -0.2) is 206 Å². The molecule has 0 aliphatic rings. The minimum absolute atomic E-state index is 0.0316. The standard InChI is InChI=1S/C40H77N5O18S/c41-45-43-13-15-54-17-19-56-21-23-58-25-27-60-29-31-62-33-35-63-34-32-61-30-28-59-26-24-57-22-20-55-18-16-53-14-12-42-38(46)11-10-37(40(48)49)44-39(47)9-7-5-3-1-2-4-6-8-36-64(50,51)52/h37H,1-36H2,(H,42,46)(H,44,47)(H,48,49)(H,50,51,52). The van der Waals surface area contributed by atoms with Crippen molar-refractivity contribution in [3.63, 3.8) is 0 Å². The maximum absolute atomic E-state index is 12.2. The van der Waals surface area contributed by atoms with Gasteiger partial charge in [0.05, 0.1) is 151 Å². The summed E-state index contributed by atoms with van der Waals surface area (Å²) in [4.78, 5) is 38.6. The first-order valence-corrected chi connectivity index (χ1v) is 23.9. The first-order chi connectivity index (χ1) is 31.2. The summed E-state index contributed by atoms with van der Waals surface area (Å²) in [6, 6.07) is -1.15. The molecule has 0 fully saturated rings. The van der Waals surface area contributed by atoms with Gasteiger partial charge in [-0.25, -0.2) is 4.79 Å². The predicted octanol–water partition coefficient (Wildman–Crippen LogP) is 2.34. The number of aliphatic carboxylic acids is 1. The van der Waals surface area contributed by atoms with Gasteiger partial charge in [-0.2, -0.15) is 8.42 Å². The Balaban J connectivity index is 3.39. The van der Waals surface area contributed by atoms with Crippen LogP contribution in [0.3, 0.4) is 0 Å².